The molecule has 20 heavy (non-hydrogen) atoms. The van der Waals surface area contributed by atoms with E-state index >= 15 is 0 Å². The van der Waals surface area contributed by atoms with Crippen molar-refractivity contribution in [3.63, 3.8) is 0 Å². The fraction of sp³-hybridized carbons (Fsp3) is 0.467. The number of hydrogen-bond donors (Lipinski definition) is 1. The van der Waals surface area contributed by atoms with E-state index in [4.69, 9.17) is 16.3 Å². The number of anilines is 1. The van der Waals surface area contributed by atoms with Crippen LogP contribution in [0.2, 0.25) is 5.02 Å². The molecule has 0 aliphatic heterocycles. The molecular weight excluding hydrogens is 278 g/mol. The molecule has 1 unspecified atom stereocenters. The highest BCUT2D eigenvalue weighted by Crippen LogP contribution is 2.17. The molecule has 1 aromatic carbocycles. The second-order valence-electron chi connectivity index (χ2n) is 4.77. The SMILES string of the molecule is CCOC(=O)CC(Nc1ccc(Cl)cc1)C(=O)C(C)C. The van der Waals surface area contributed by atoms with Crippen LogP contribution < -0.4 is 5.32 Å². The molecule has 1 aromatic rings. The van der Waals surface area contributed by atoms with Gasteiger partial charge in [0.1, 0.15) is 0 Å². The van der Waals surface area contributed by atoms with Gasteiger partial charge in [0.2, 0.25) is 0 Å². The minimum atomic E-state index is -0.588. The quantitative estimate of drug-likeness (QED) is 0.785. The Morgan fingerprint density at radius 1 is 1.25 bits per heavy atom. The number of nitrogens with one attached hydrogen (secondary N) is 1. The van der Waals surface area contributed by atoms with Crippen molar-refractivity contribution >= 4 is 29.0 Å². The van der Waals surface area contributed by atoms with Gasteiger partial charge in [0.15, 0.2) is 5.78 Å². The normalized spacial score (nSPS) is 12.1. The summed E-state index contributed by atoms with van der Waals surface area (Å²) in [6, 6.07) is 6.41. The third-order valence-corrected chi connectivity index (χ3v) is 3.03. The van der Waals surface area contributed by atoms with Gasteiger partial charge in [-0.3, -0.25) is 9.59 Å². The Bertz CT molecular complexity index is 457. The van der Waals surface area contributed by atoms with Crippen molar-refractivity contribution in [2.45, 2.75) is 33.2 Å². The molecule has 0 spiro atoms. The van der Waals surface area contributed by atoms with Gasteiger partial charge in [0, 0.05) is 16.6 Å². The van der Waals surface area contributed by atoms with E-state index in [9.17, 15) is 9.59 Å². The molecule has 0 aliphatic carbocycles. The Hall–Kier alpha value is -1.55. The maximum atomic E-state index is 12.2. The maximum Gasteiger partial charge on any atom is 0.308 e. The fourth-order valence-electron chi connectivity index (χ4n) is 1.76. The third kappa shape index (κ3) is 5.21. The molecule has 0 bridgehead atoms. The Labute approximate surface area is 124 Å². The number of halogens is 1. The van der Waals surface area contributed by atoms with E-state index in [0.717, 1.165) is 5.69 Å². The molecule has 5 heteroatoms. The number of Topliss-reactive ketones (excluding diaryl/α,β-unsaturated/α-hetero) is 1. The predicted octanol–water partition coefficient (Wildman–Crippen LogP) is 3.30. The number of hydrogen-bond acceptors (Lipinski definition) is 4. The molecule has 1 atom stereocenters. The van der Waals surface area contributed by atoms with E-state index in [0.29, 0.717) is 11.6 Å². The van der Waals surface area contributed by atoms with Gasteiger partial charge in [-0.15, -0.1) is 0 Å². The Morgan fingerprint density at radius 3 is 2.35 bits per heavy atom. The monoisotopic (exact) mass is 297 g/mol. The third-order valence-electron chi connectivity index (χ3n) is 2.77. The molecule has 1 rings (SSSR count). The minimum absolute atomic E-state index is 0.0204. The van der Waals surface area contributed by atoms with Gasteiger partial charge in [-0.2, -0.15) is 0 Å². The Kier molecular flexibility index (Phi) is 6.52. The van der Waals surface area contributed by atoms with Crippen molar-refractivity contribution in [1.29, 1.82) is 0 Å². The van der Waals surface area contributed by atoms with E-state index in [1.54, 1.807) is 31.2 Å². The number of ketones is 1. The number of benzene rings is 1. The summed E-state index contributed by atoms with van der Waals surface area (Å²) in [5, 5.41) is 3.69. The van der Waals surface area contributed by atoms with Crippen LogP contribution in [0.1, 0.15) is 27.2 Å². The molecule has 1 N–H and O–H groups in total. The largest absolute Gasteiger partial charge is 0.466 e. The second-order valence-corrected chi connectivity index (χ2v) is 5.21. The van der Waals surface area contributed by atoms with Crippen LogP contribution in [-0.2, 0) is 14.3 Å². The lowest BCUT2D eigenvalue weighted by molar-refractivity contribution is -0.144. The van der Waals surface area contributed by atoms with Crippen LogP contribution in [0.3, 0.4) is 0 Å². The summed E-state index contributed by atoms with van der Waals surface area (Å²) in [5.74, 6) is -0.560. The molecular formula is C15H20ClNO3. The number of rotatable bonds is 7. The molecule has 0 radical (unpaired) electrons. The average Bonchev–Trinajstić information content (AvgIpc) is 2.39. The average molecular weight is 298 g/mol. The summed E-state index contributed by atoms with van der Waals surface area (Å²) in [5.41, 5.74) is 0.748. The highest BCUT2D eigenvalue weighted by Gasteiger charge is 2.24. The maximum absolute atomic E-state index is 12.2. The van der Waals surface area contributed by atoms with Crippen molar-refractivity contribution in [2.24, 2.45) is 5.92 Å². The fourth-order valence-corrected chi connectivity index (χ4v) is 1.88. The van der Waals surface area contributed by atoms with Crippen molar-refractivity contribution < 1.29 is 14.3 Å². The van der Waals surface area contributed by atoms with Gasteiger partial charge >= 0.3 is 5.97 Å². The van der Waals surface area contributed by atoms with E-state index in [1.807, 2.05) is 13.8 Å². The molecule has 0 fully saturated rings. The highest BCUT2D eigenvalue weighted by molar-refractivity contribution is 6.30. The van der Waals surface area contributed by atoms with Crippen molar-refractivity contribution in [2.75, 3.05) is 11.9 Å². The second kappa shape index (κ2) is 7.90. The first-order valence-electron chi connectivity index (χ1n) is 6.65. The van der Waals surface area contributed by atoms with Crippen LogP contribution in [0.25, 0.3) is 0 Å². The van der Waals surface area contributed by atoms with Crippen LogP contribution in [0, 0.1) is 5.92 Å². The van der Waals surface area contributed by atoms with Crippen molar-refractivity contribution in [3.05, 3.63) is 29.3 Å². The first-order valence-corrected chi connectivity index (χ1v) is 7.03. The zero-order valence-electron chi connectivity index (χ0n) is 12.0. The molecule has 0 saturated carbocycles. The summed E-state index contributed by atoms with van der Waals surface area (Å²) < 4.78 is 4.91. The van der Waals surface area contributed by atoms with Gasteiger partial charge in [0.25, 0.3) is 0 Å². The number of esters is 1. The summed E-state index contributed by atoms with van der Waals surface area (Å²) in [6.45, 7) is 5.67. The summed E-state index contributed by atoms with van der Waals surface area (Å²) >= 11 is 5.82. The lowest BCUT2D eigenvalue weighted by atomic mass is 9.99. The molecule has 0 saturated heterocycles. The van der Waals surface area contributed by atoms with Gasteiger partial charge in [-0.25, -0.2) is 0 Å². The van der Waals surface area contributed by atoms with Crippen LogP contribution in [0.5, 0.6) is 0 Å². The molecule has 0 aliphatic rings. The van der Waals surface area contributed by atoms with Gasteiger partial charge < -0.3 is 10.1 Å². The molecule has 0 aromatic heterocycles. The number of carbonyl (C=O) groups excluding carboxylic acids is 2. The molecule has 110 valence electrons. The number of carbonyl (C=O) groups is 2. The van der Waals surface area contributed by atoms with E-state index in [-0.39, 0.29) is 24.1 Å². The summed E-state index contributed by atoms with van der Waals surface area (Å²) in [7, 11) is 0. The Balaban J connectivity index is 2.79. The van der Waals surface area contributed by atoms with Crippen molar-refractivity contribution in [1.82, 2.24) is 0 Å². The van der Waals surface area contributed by atoms with Crippen LogP contribution >= 0.6 is 11.6 Å². The zero-order chi connectivity index (χ0) is 15.1. The predicted molar refractivity (Wildman–Crippen MR) is 80.0 cm³/mol. The molecule has 4 nitrogen and oxygen atoms in total. The van der Waals surface area contributed by atoms with Crippen molar-refractivity contribution in [3.8, 4) is 0 Å². The topological polar surface area (TPSA) is 55.4 Å². The van der Waals surface area contributed by atoms with Gasteiger partial charge in [-0.1, -0.05) is 25.4 Å². The smallest absolute Gasteiger partial charge is 0.308 e. The first kappa shape index (κ1) is 16.5. The minimum Gasteiger partial charge on any atom is -0.466 e. The molecule has 0 heterocycles. The van der Waals surface area contributed by atoms with Gasteiger partial charge in [-0.05, 0) is 31.2 Å². The lowest BCUT2D eigenvalue weighted by Crippen LogP contribution is -2.35. The standard InChI is InChI=1S/C15H20ClNO3/c1-4-20-14(18)9-13(15(19)10(2)3)17-12-7-5-11(16)6-8-12/h5-8,10,13,17H,4,9H2,1-3H3. The summed E-state index contributed by atoms with van der Waals surface area (Å²) in [6.07, 6.45) is 0.0213. The van der Waals surface area contributed by atoms with Crippen LogP contribution in [0.15, 0.2) is 24.3 Å². The van der Waals surface area contributed by atoms with E-state index in [2.05, 4.69) is 5.32 Å². The lowest BCUT2D eigenvalue weighted by Gasteiger charge is -2.20. The first-order chi connectivity index (χ1) is 9.43. The van der Waals surface area contributed by atoms with E-state index < -0.39 is 6.04 Å². The van der Waals surface area contributed by atoms with Crippen LogP contribution in [-0.4, -0.2) is 24.4 Å². The van der Waals surface area contributed by atoms with Gasteiger partial charge in [0.05, 0.1) is 19.1 Å². The van der Waals surface area contributed by atoms with E-state index in [1.165, 1.54) is 0 Å². The molecule has 0 amide bonds. The highest BCUT2D eigenvalue weighted by atomic mass is 35.5. The number of ether oxygens (including phenoxy) is 1. The summed E-state index contributed by atoms with van der Waals surface area (Å²) in [4.78, 5) is 23.7. The van der Waals surface area contributed by atoms with Crippen LogP contribution in [0.4, 0.5) is 5.69 Å². The Morgan fingerprint density at radius 2 is 1.85 bits per heavy atom. The zero-order valence-corrected chi connectivity index (χ0v) is 12.7.